The number of thiazole rings is 1. The van der Waals surface area contributed by atoms with Crippen molar-refractivity contribution in [2.75, 3.05) is 7.05 Å². The van der Waals surface area contributed by atoms with Crippen molar-refractivity contribution in [3.8, 4) is 0 Å². The fraction of sp³-hybridized carbons (Fsp3) is 0.143. The van der Waals surface area contributed by atoms with Crippen LogP contribution in [0.5, 0.6) is 0 Å². The van der Waals surface area contributed by atoms with Gasteiger partial charge in [0.15, 0.2) is 0 Å². The lowest BCUT2D eigenvalue weighted by Crippen LogP contribution is -2.29. The maximum atomic E-state index is 12.9. The highest BCUT2D eigenvalue weighted by Crippen LogP contribution is 2.29. The van der Waals surface area contributed by atoms with Gasteiger partial charge in [-0.15, -0.1) is 11.3 Å². The van der Waals surface area contributed by atoms with Crippen molar-refractivity contribution in [3.05, 3.63) is 77.3 Å². The summed E-state index contributed by atoms with van der Waals surface area (Å²) in [4.78, 5) is 19.4. The number of fused-ring (bicyclic) bond motifs is 2. The zero-order chi connectivity index (χ0) is 17.4. The van der Waals surface area contributed by atoms with Crippen LogP contribution in [0.3, 0.4) is 0 Å². The lowest BCUT2D eigenvalue weighted by molar-refractivity contribution is 0.0742. The van der Waals surface area contributed by atoms with E-state index in [1.165, 1.54) is 0 Å². The summed E-state index contributed by atoms with van der Waals surface area (Å²) >= 11 is 1.64. The zero-order valence-corrected chi connectivity index (χ0v) is 15.0. The van der Waals surface area contributed by atoms with Gasteiger partial charge < -0.3 is 4.90 Å². The standard InChI is InChI=1S/C21H18N2OS/c1-14(20-22-18-9-5-6-10-19(18)25-20)23(2)21(24)17-12-11-15-7-3-4-8-16(15)13-17/h3-14H,1-2H3/t14-/m0/s1. The molecule has 25 heavy (non-hydrogen) atoms. The van der Waals surface area contributed by atoms with Crippen molar-refractivity contribution in [1.29, 1.82) is 0 Å². The van der Waals surface area contributed by atoms with Gasteiger partial charge in [-0.2, -0.15) is 0 Å². The SMILES string of the molecule is C[C@@H](c1nc2ccccc2s1)N(C)C(=O)c1ccc2ccccc2c1. The summed E-state index contributed by atoms with van der Waals surface area (Å²) in [6.07, 6.45) is 0. The van der Waals surface area contributed by atoms with E-state index in [1.807, 2.05) is 68.6 Å². The molecule has 1 aromatic heterocycles. The summed E-state index contributed by atoms with van der Waals surface area (Å²) in [5, 5.41) is 3.17. The van der Waals surface area contributed by atoms with E-state index in [-0.39, 0.29) is 11.9 Å². The molecule has 4 aromatic rings. The number of para-hydroxylation sites is 1. The van der Waals surface area contributed by atoms with Crippen molar-refractivity contribution < 1.29 is 4.79 Å². The molecule has 4 rings (SSSR count). The molecule has 0 bridgehead atoms. The molecule has 0 N–H and O–H groups in total. The number of aromatic nitrogens is 1. The summed E-state index contributed by atoms with van der Waals surface area (Å²) in [5.74, 6) is 0.0116. The van der Waals surface area contributed by atoms with Crippen molar-refractivity contribution >= 4 is 38.2 Å². The minimum Gasteiger partial charge on any atom is -0.333 e. The third-order valence-electron chi connectivity index (χ3n) is 4.57. The first-order chi connectivity index (χ1) is 12.1. The van der Waals surface area contributed by atoms with Crippen LogP contribution in [0, 0.1) is 0 Å². The van der Waals surface area contributed by atoms with Gasteiger partial charge in [0.1, 0.15) is 5.01 Å². The molecule has 0 unspecified atom stereocenters. The van der Waals surface area contributed by atoms with Crippen LogP contribution in [0.1, 0.15) is 28.3 Å². The Morgan fingerprint density at radius 3 is 2.52 bits per heavy atom. The quantitative estimate of drug-likeness (QED) is 0.505. The van der Waals surface area contributed by atoms with Crippen LogP contribution in [-0.4, -0.2) is 22.8 Å². The van der Waals surface area contributed by atoms with E-state index in [0.717, 1.165) is 26.0 Å². The van der Waals surface area contributed by atoms with Gasteiger partial charge in [0.25, 0.3) is 5.91 Å². The minimum atomic E-state index is -0.0728. The molecule has 1 heterocycles. The molecule has 1 amide bonds. The molecule has 0 aliphatic rings. The summed E-state index contributed by atoms with van der Waals surface area (Å²) in [7, 11) is 1.84. The number of hydrogen-bond acceptors (Lipinski definition) is 3. The first-order valence-corrected chi connectivity index (χ1v) is 9.06. The predicted molar refractivity (Wildman–Crippen MR) is 104 cm³/mol. The van der Waals surface area contributed by atoms with Crippen LogP contribution in [-0.2, 0) is 0 Å². The molecule has 0 spiro atoms. The fourth-order valence-corrected chi connectivity index (χ4v) is 4.00. The molecule has 124 valence electrons. The van der Waals surface area contributed by atoms with E-state index in [1.54, 1.807) is 16.2 Å². The van der Waals surface area contributed by atoms with Crippen molar-refractivity contribution in [3.63, 3.8) is 0 Å². The Balaban J connectivity index is 1.63. The predicted octanol–water partition coefficient (Wildman–Crippen LogP) is 5.28. The van der Waals surface area contributed by atoms with E-state index in [9.17, 15) is 4.79 Å². The molecule has 4 heteroatoms. The van der Waals surface area contributed by atoms with Crippen LogP contribution >= 0.6 is 11.3 Å². The lowest BCUT2D eigenvalue weighted by atomic mass is 10.1. The van der Waals surface area contributed by atoms with Gasteiger partial charge in [0.2, 0.25) is 0 Å². The number of carbonyl (C=O) groups is 1. The third-order valence-corrected chi connectivity index (χ3v) is 5.77. The first-order valence-electron chi connectivity index (χ1n) is 8.25. The van der Waals surface area contributed by atoms with Crippen LogP contribution in [0.4, 0.5) is 0 Å². The Labute approximate surface area is 150 Å². The molecule has 0 saturated heterocycles. The smallest absolute Gasteiger partial charge is 0.254 e. The van der Waals surface area contributed by atoms with Crippen LogP contribution in [0.25, 0.3) is 21.0 Å². The third kappa shape index (κ3) is 2.89. The number of hydrogen-bond donors (Lipinski definition) is 0. The normalized spacial score (nSPS) is 12.4. The van der Waals surface area contributed by atoms with E-state index < -0.39 is 0 Å². The van der Waals surface area contributed by atoms with Crippen molar-refractivity contribution in [1.82, 2.24) is 9.88 Å². The molecule has 0 radical (unpaired) electrons. The number of amides is 1. The number of benzene rings is 3. The molecule has 3 aromatic carbocycles. The second-order valence-corrected chi connectivity index (χ2v) is 7.24. The van der Waals surface area contributed by atoms with Crippen LogP contribution < -0.4 is 0 Å². The monoisotopic (exact) mass is 346 g/mol. The highest BCUT2D eigenvalue weighted by atomic mass is 32.1. The Morgan fingerprint density at radius 2 is 1.72 bits per heavy atom. The van der Waals surface area contributed by atoms with Gasteiger partial charge in [-0.25, -0.2) is 4.98 Å². The Kier molecular flexibility index (Phi) is 3.98. The Morgan fingerprint density at radius 1 is 1.00 bits per heavy atom. The second kappa shape index (κ2) is 6.30. The Hall–Kier alpha value is -2.72. The first kappa shape index (κ1) is 15.8. The summed E-state index contributed by atoms with van der Waals surface area (Å²) in [5.41, 5.74) is 1.69. The molecule has 0 saturated carbocycles. The summed E-state index contributed by atoms with van der Waals surface area (Å²) in [6.45, 7) is 2.02. The fourth-order valence-electron chi connectivity index (χ4n) is 2.94. The number of rotatable bonds is 3. The van der Waals surface area contributed by atoms with Gasteiger partial charge >= 0.3 is 0 Å². The van der Waals surface area contributed by atoms with Crippen molar-refractivity contribution in [2.45, 2.75) is 13.0 Å². The lowest BCUT2D eigenvalue weighted by Gasteiger charge is -2.23. The van der Waals surface area contributed by atoms with Crippen LogP contribution in [0.2, 0.25) is 0 Å². The molecular weight excluding hydrogens is 328 g/mol. The number of carbonyl (C=O) groups excluding carboxylic acids is 1. The van der Waals surface area contributed by atoms with Crippen LogP contribution in [0.15, 0.2) is 66.7 Å². The molecule has 0 aliphatic heterocycles. The van der Waals surface area contributed by atoms with Gasteiger partial charge in [0.05, 0.1) is 16.3 Å². The maximum Gasteiger partial charge on any atom is 0.254 e. The molecule has 1 atom stereocenters. The largest absolute Gasteiger partial charge is 0.333 e. The summed E-state index contributed by atoms with van der Waals surface area (Å²) in [6, 6.07) is 21.9. The topological polar surface area (TPSA) is 33.2 Å². The number of nitrogens with zero attached hydrogens (tertiary/aromatic N) is 2. The molecular formula is C21H18N2OS. The molecule has 0 aliphatic carbocycles. The minimum absolute atomic E-state index is 0.0116. The average molecular weight is 346 g/mol. The van der Waals surface area contributed by atoms with E-state index in [0.29, 0.717) is 5.56 Å². The van der Waals surface area contributed by atoms with E-state index in [2.05, 4.69) is 17.1 Å². The van der Waals surface area contributed by atoms with Gasteiger partial charge in [-0.1, -0.05) is 42.5 Å². The van der Waals surface area contributed by atoms with Crippen molar-refractivity contribution in [2.24, 2.45) is 0 Å². The van der Waals surface area contributed by atoms with E-state index >= 15 is 0 Å². The highest BCUT2D eigenvalue weighted by Gasteiger charge is 2.22. The maximum absolute atomic E-state index is 12.9. The average Bonchev–Trinajstić information content (AvgIpc) is 3.10. The molecule has 3 nitrogen and oxygen atoms in total. The zero-order valence-electron chi connectivity index (χ0n) is 14.1. The Bertz CT molecular complexity index is 1040. The summed E-state index contributed by atoms with van der Waals surface area (Å²) < 4.78 is 1.15. The van der Waals surface area contributed by atoms with Gasteiger partial charge in [0, 0.05) is 12.6 Å². The van der Waals surface area contributed by atoms with Gasteiger partial charge in [-0.05, 0) is 42.0 Å². The second-order valence-electron chi connectivity index (χ2n) is 6.17. The highest BCUT2D eigenvalue weighted by molar-refractivity contribution is 7.18. The van der Waals surface area contributed by atoms with Gasteiger partial charge in [-0.3, -0.25) is 4.79 Å². The molecule has 0 fully saturated rings. The van der Waals surface area contributed by atoms with E-state index in [4.69, 9.17) is 0 Å².